The molecule has 17 heavy (non-hydrogen) atoms. The highest BCUT2D eigenvalue weighted by atomic mass is 16.5. The predicted molar refractivity (Wildman–Crippen MR) is 67.5 cm³/mol. The van der Waals surface area contributed by atoms with Crippen LogP contribution in [0.1, 0.15) is 18.9 Å². The van der Waals surface area contributed by atoms with Crippen molar-refractivity contribution in [3.8, 4) is 11.5 Å². The van der Waals surface area contributed by atoms with Gasteiger partial charge in [-0.25, -0.2) is 0 Å². The summed E-state index contributed by atoms with van der Waals surface area (Å²) in [4.78, 5) is 0. The zero-order chi connectivity index (χ0) is 12.5. The van der Waals surface area contributed by atoms with Crippen LogP contribution in [0.4, 0.5) is 0 Å². The van der Waals surface area contributed by atoms with Gasteiger partial charge in [-0.2, -0.15) is 0 Å². The number of benzene rings is 1. The number of hydrogen-bond acceptors (Lipinski definition) is 4. The third kappa shape index (κ3) is 4.63. The molecule has 0 saturated heterocycles. The van der Waals surface area contributed by atoms with Crippen LogP contribution < -0.4 is 15.2 Å². The second kappa shape index (κ2) is 7.92. The molecule has 0 atom stereocenters. The monoisotopic (exact) mass is 239 g/mol. The van der Waals surface area contributed by atoms with Crippen LogP contribution in [0, 0.1) is 0 Å². The SMILES string of the molecule is CCOCCCOc1cc(CN)ccc1OC. The van der Waals surface area contributed by atoms with Crippen molar-refractivity contribution in [2.45, 2.75) is 19.9 Å². The van der Waals surface area contributed by atoms with Gasteiger partial charge in [0.2, 0.25) is 0 Å². The van der Waals surface area contributed by atoms with Gasteiger partial charge in [0.1, 0.15) is 0 Å². The molecule has 0 aliphatic carbocycles. The summed E-state index contributed by atoms with van der Waals surface area (Å²) in [7, 11) is 1.63. The van der Waals surface area contributed by atoms with E-state index in [0.717, 1.165) is 36.7 Å². The van der Waals surface area contributed by atoms with Crippen LogP contribution in [0.25, 0.3) is 0 Å². The highest BCUT2D eigenvalue weighted by Gasteiger charge is 2.04. The van der Waals surface area contributed by atoms with E-state index in [-0.39, 0.29) is 0 Å². The van der Waals surface area contributed by atoms with E-state index in [4.69, 9.17) is 19.9 Å². The van der Waals surface area contributed by atoms with Gasteiger partial charge in [-0.15, -0.1) is 0 Å². The lowest BCUT2D eigenvalue weighted by molar-refractivity contribution is 0.130. The highest BCUT2D eigenvalue weighted by molar-refractivity contribution is 5.42. The Kier molecular flexibility index (Phi) is 6.43. The minimum atomic E-state index is 0.499. The van der Waals surface area contributed by atoms with E-state index in [1.54, 1.807) is 7.11 Å². The molecular weight excluding hydrogens is 218 g/mol. The summed E-state index contributed by atoms with van der Waals surface area (Å²) in [6, 6.07) is 5.73. The number of hydrogen-bond donors (Lipinski definition) is 1. The number of rotatable bonds is 8. The van der Waals surface area contributed by atoms with Crippen LogP contribution in [0.15, 0.2) is 18.2 Å². The predicted octanol–water partition coefficient (Wildman–Crippen LogP) is 1.96. The fourth-order valence-electron chi connectivity index (χ4n) is 1.45. The maximum absolute atomic E-state index is 5.66. The van der Waals surface area contributed by atoms with Crippen molar-refractivity contribution in [1.29, 1.82) is 0 Å². The van der Waals surface area contributed by atoms with E-state index >= 15 is 0 Å². The molecule has 0 heterocycles. The maximum Gasteiger partial charge on any atom is 0.161 e. The summed E-state index contributed by atoms with van der Waals surface area (Å²) in [5.74, 6) is 1.48. The molecule has 1 aromatic carbocycles. The van der Waals surface area contributed by atoms with E-state index < -0.39 is 0 Å². The van der Waals surface area contributed by atoms with Gasteiger partial charge in [0, 0.05) is 26.2 Å². The van der Waals surface area contributed by atoms with Crippen LogP contribution in [0.3, 0.4) is 0 Å². The molecule has 0 saturated carbocycles. The van der Waals surface area contributed by atoms with Crippen molar-refractivity contribution in [1.82, 2.24) is 0 Å². The quantitative estimate of drug-likeness (QED) is 0.705. The van der Waals surface area contributed by atoms with E-state index in [2.05, 4.69) is 0 Å². The van der Waals surface area contributed by atoms with Gasteiger partial charge in [0.05, 0.1) is 13.7 Å². The van der Waals surface area contributed by atoms with Crippen LogP contribution in [-0.2, 0) is 11.3 Å². The van der Waals surface area contributed by atoms with Crippen molar-refractivity contribution in [3.63, 3.8) is 0 Å². The van der Waals surface area contributed by atoms with Crippen LogP contribution in [-0.4, -0.2) is 26.9 Å². The zero-order valence-corrected chi connectivity index (χ0v) is 10.6. The largest absolute Gasteiger partial charge is 0.493 e. The van der Waals surface area contributed by atoms with Crippen molar-refractivity contribution < 1.29 is 14.2 Å². The smallest absolute Gasteiger partial charge is 0.161 e. The average molecular weight is 239 g/mol. The number of methoxy groups -OCH3 is 1. The highest BCUT2D eigenvalue weighted by Crippen LogP contribution is 2.27. The summed E-state index contributed by atoms with van der Waals surface area (Å²) in [6.45, 7) is 4.56. The minimum absolute atomic E-state index is 0.499. The van der Waals surface area contributed by atoms with Gasteiger partial charge in [0.25, 0.3) is 0 Å². The van der Waals surface area contributed by atoms with Gasteiger partial charge in [0.15, 0.2) is 11.5 Å². The summed E-state index contributed by atoms with van der Waals surface area (Å²) < 4.78 is 16.1. The van der Waals surface area contributed by atoms with Gasteiger partial charge in [-0.3, -0.25) is 0 Å². The lowest BCUT2D eigenvalue weighted by atomic mass is 10.2. The molecule has 4 nitrogen and oxygen atoms in total. The Morgan fingerprint density at radius 1 is 1.18 bits per heavy atom. The second-order valence-corrected chi connectivity index (χ2v) is 3.59. The fraction of sp³-hybridized carbons (Fsp3) is 0.538. The molecule has 4 heteroatoms. The Morgan fingerprint density at radius 2 is 2.00 bits per heavy atom. The van der Waals surface area contributed by atoms with Gasteiger partial charge in [-0.05, 0) is 24.6 Å². The fourth-order valence-corrected chi connectivity index (χ4v) is 1.45. The first kappa shape index (κ1) is 13.8. The zero-order valence-electron chi connectivity index (χ0n) is 10.6. The van der Waals surface area contributed by atoms with E-state index in [9.17, 15) is 0 Å². The van der Waals surface area contributed by atoms with Gasteiger partial charge in [-0.1, -0.05) is 6.07 Å². The van der Waals surface area contributed by atoms with E-state index in [0.29, 0.717) is 13.2 Å². The first-order valence-corrected chi connectivity index (χ1v) is 5.89. The minimum Gasteiger partial charge on any atom is -0.493 e. The Hall–Kier alpha value is -1.26. The molecule has 0 radical (unpaired) electrons. The molecule has 0 fully saturated rings. The molecule has 2 N–H and O–H groups in total. The topological polar surface area (TPSA) is 53.7 Å². The molecule has 96 valence electrons. The summed E-state index contributed by atoms with van der Waals surface area (Å²) in [5.41, 5.74) is 6.62. The Bertz CT molecular complexity index is 328. The molecule has 1 rings (SSSR count). The molecule has 0 unspecified atom stereocenters. The van der Waals surface area contributed by atoms with Crippen LogP contribution >= 0.6 is 0 Å². The maximum atomic E-state index is 5.66. The Balaban J connectivity index is 2.49. The second-order valence-electron chi connectivity index (χ2n) is 3.59. The van der Waals surface area contributed by atoms with Crippen molar-refractivity contribution >= 4 is 0 Å². The molecule has 0 spiro atoms. The lowest BCUT2D eigenvalue weighted by Crippen LogP contribution is -2.05. The van der Waals surface area contributed by atoms with Crippen molar-refractivity contribution in [2.24, 2.45) is 5.73 Å². The normalized spacial score (nSPS) is 10.3. The van der Waals surface area contributed by atoms with Crippen LogP contribution in [0.2, 0.25) is 0 Å². The number of ether oxygens (including phenoxy) is 3. The third-order valence-electron chi connectivity index (χ3n) is 2.36. The molecule has 0 bridgehead atoms. The molecule has 0 aliphatic heterocycles. The van der Waals surface area contributed by atoms with Crippen LogP contribution in [0.5, 0.6) is 11.5 Å². The first-order valence-electron chi connectivity index (χ1n) is 5.89. The lowest BCUT2D eigenvalue weighted by Gasteiger charge is -2.11. The van der Waals surface area contributed by atoms with Crippen molar-refractivity contribution in [3.05, 3.63) is 23.8 Å². The Morgan fingerprint density at radius 3 is 2.65 bits per heavy atom. The molecule has 1 aromatic rings. The first-order chi connectivity index (χ1) is 8.31. The molecular formula is C13H21NO3. The summed E-state index contributed by atoms with van der Waals surface area (Å²) in [5, 5.41) is 0. The van der Waals surface area contributed by atoms with Gasteiger partial charge < -0.3 is 19.9 Å². The van der Waals surface area contributed by atoms with E-state index in [1.807, 2.05) is 25.1 Å². The summed E-state index contributed by atoms with van der Waals surface area (Å²) >= 11 is 0. The van der Waals surface area contributed by atoms with Crippen molar-refractivity contribution in [2.75, 3.05) is 26.9 Å². The molecule has 0 aromatic heterocycles. The third-order valence-corrected chi connectivity index (χ3v) is 2.36. The molecule has 0 amide bonds. The standard InChI is InChI=1S/C13H21NO3/c1-3-16-7-4-8-17-13-9-11(10-14)5-6-12(13)15-2/h5-6,9H,3-4,7-8,10,14H2,1-2H3. The molecule has 0 aliphatic rings. The average Bonchev–Trinajstić information content (AvgIpc) is 2.38. The van der Waals surface area contributed by atoms with Gasteiger partial charge >= 0.3 is 0 Å². The number of nitrogens with two attached hydrogens (primary N) is 1. The summed E-state index contributed by atoms with van der Waals surface area (Å²) in [6.07, 6.45) is 0.865. The Labute approximate surface area is 103 Å². The van der Waals surface area contributed by atoms with E-state index in [1.165, 1.54) is 0 Å².